The van der Waals surface area contributed by atoms with Crippen molar-refractivity contribution in [3.05, 3.63) is 66.0 Å². The van der Waals surface area contributed by atoms with E-state index in [2.05, 4.69) is 17.6 Å². The Bertz CT molecular complexity index is 1790. The lowest BCUT2D eigenvalue weighted by molar-refractivity contribution is -0.131. The van der Waals surface area contributed by atoms with Crippen molar-refractivity contribution in [1.29, 1.82) is 5.26 Å². The Hall–Kier alpha value is -4.40. The number of nitrogens with zero attached hydrogens (tertiary/aromatic N) is 7. The Labute approximate surface area is 258 Å². The first-order chi connectivity index (χ1) is 21.2. The van der Waals surface area contributed by atoms with Gasteiger partial charge in [-0.25, -0.2) is 13.8 Å². The largest absolute Gasteiger partial charge is 0.462 e. The second-order valence-electron chi connectivity index (χ2n) is 11.1. The van der Waals surface area contributed by atoms with Crippen LogP contribution in [0.5, 0.6) is 6.01 Å². The molecule has 2 saturated heterocycles. The number of amides is 1. The van der Waals surface area contributed by atoms with Crippen LogP contribution < -0.4 is 9.64 Å². The number of ether oxygens (including phenoxy) is 1. The molecular weight excluding hydrogens is 588 g/mol. The highest BCUT2D eigenvalue weighted by Crippen LogP contribution is 2.35. The van der Waals surface area contributed by atoms with Crippen molar-refractivity contribution in [3.8, 4) is 23.3 Å². The third kappa shape index (κ3) is 5.75. The van der Waals surface area contributed by atoms with Gasteiger partial charge in [-0.05, 0) is 37.1 Å². The number of benzene rings is 2. The lowest BCUT2D eigenvalue weighted by Crippen LogP contribution is -2.55. The molecule has 0 aliphatic carbocycles. The number of pyridine rings is 1. The lowest BCUT2D eigenvalue weighted by Gasteiger charge is -2.41. The number of rotatable bonds is 7. The molecule has 3 atom stereocenters. The molecule has 4 heterocycles. The van der Waals surface area contributed by atoms with E-state index in [9.17, 15) is 18.8 Å². The third-order valence-corrected chi connectivity index (χ3v) is 8.61. The second-order valence-corrected chi connectivity index (χ2v) is 11.6. The molecule has 6 rings (SSSR count). The summed E-state index contributed by atoms with van der Waals surface area (Å²) < 4.78 is 33.8. The van der Waals surface area contributed by atoms with E-state index in [0.29, 0.717) is 47.1 Å². The SMILES string of the molecule is C=C(F)C(=O)N1CCN(c2nc(OC[C@@H]3C[C@@H](F)CN3C)nc3nc(-c4cccc5cccc(Cl)c45)ccc23)C[C@@H]1CC#N. The number of piperazine rings is 1. The molecule has 4 aromatic rings. The fourth-order valence-electron chi connectivity index (χ4n) is 6.07. The zero-order valence-corrected chi connectivity index (χ0v) is 24.8. The first kappa shape index (κ1) is 29.7. The third-order valence-electron chi connectivity index (χ3n) is 8.29. The molecule has 2 aromatic carbocycles. The van der Waals surface area contributed by atoms with Crippen LogP contribution in [0.2, 0.25) is 5.02 Å². The molecule has 12 heteroatoms. The Morgan fingerprint density at radius 3 is 2.64 bits per heavy atom. The number of hydrogen-bond donors (Lipinski definition) is 0. The average Bonchev–Trinajstić information content (AvgIpc) is 3.35. The molecule has 0 radical (unpaired) electrons. The first-order valence-electron chi connectivity index (χ1n) is 14.3. The fraction of sp³-hybridized carbons (Fsp3) is 0.344. The molecule has 226 valence electrons. The second kappa shape index (κ2) is 12.3. The van der Waals surface area contributed by atoms with Crippen LogP contribution in [0.1, 0.15) is 12.8 Å². The van der Waals surface area contributed by atoms with Gasteiger partial charge in [0.2, 0.25) is 0 Å². The smallest absolute Gasteiger partial charge is 0.320 e. The normalized spacial score (nSPS) is 20.7. The number of aromatic nitrogens is 3. The van der Waals surface area contributed by atoms with E-state index in [1.165, 1.54) is 4.90 Å². The van der Waals surface area contributed by atoms with Crippen LogP contribution in [0, 0.1) is 11.3 Å². The van der Waals surface area contributed by atoms with Gasteiger partial charge in [0.1, 0.15) is 18.6 Å². The quantitative estimate of drug-likeness (QED) is 0.257. The number of alkyl halides is 1. The summed E-state index contributed by atoms with van der Waals surface area (Å²) in [7, 11) is 1.85. The number of halogens is 3. The maximum absolute atomic E-state index is 14.0. The molecule has 0 spiro atoms. The molecule has 2 aliphatic heterocycles. The highest BCUT2D eigenvalue weighted by molar-refractivity contribution is 6.36. The predicted molar refractivity (Wildman–Crippen MR) is 165 cm³/mol. The van der Waals surface area contributed by atoms with E-state index in [1.54, 1.807) is 0 Å². The number of fused-ring (bicyclic) bond motifs is 2. The maximum Gasteiger partial charge on any atom is 0.320 e. The van der Waals surface area contributed by atoms with Crippen LogP contribution in [-0.4, -0.2) is 88.7 Å². The van der Waals surface area contributed by atoms with E-state index in [-0.39, 0.29) is 38.2 Å². The predicted octanol–water partition coefficient (Wildman–Crippen LogP) is 5.33. The van der Waals surface area contributed by atoms with Gasteiger partial charge in [0, 0.05) is 48.2 Å². The van der Waals surface area contributed by atoms with Gasteiger partial charge in [-0.3, -0.25) is 9.69 Å². The van der Waals surface area contributed by atoms with Gasteiger partial charge in [0.25, 0.3) is 5.91 Å². The molecule has 44 heavy (non-hydrogen) atoms. The van der Waals surface area contributed by atoms with Crippen molar-refractivity contribution in [2.75, 3.05) is 44.7 Å². The molecule has 9 nitrogen and oxygen atoms in total. The Morgan fingerprint density at radius 2 is 1.91 bits per heavy atom. The number of likely N-dealkylation sites (tertiary alicyclic amines) is 1. The molecule has 0 N–H and O–H groups in total. The number of nitriles is 1. The summed E-state index contributed by atoms with van der Waals surface area (Å²) >= 11 is 6.61. The number of anilines is 1. The van der Waals surface area contributed by atoms with Gasteiger partial charge in [0.05, 0.1) is 29.6 Å². The number of hydrogen-bond acceptors (Lipinski definition) is 8. The van der Waals surface area contributed by atoms with Gasteiger partial charge in [-0.15, -0.1) is 0 Å². The van der Waals surface area contributed by atoms with E-state index in [0.717, 1.165) is 16.3 Å². The van der Waals surface area contributed by atoms with Gasteiger partial charge in [-0.2, -0.15) is 15.2 Å². The Morgan fingerprint density at radius 1 is 1.11 bits per heavy atom. The van der Waals surface area contributed by atoms with Crippen LogP contribution in [0.3, 0.4) is 0 Å². The summed E-state index contributed by atoms with van der Waals surface area (Å²) in [6.45, 7) is 4.39. The average molecular weight is 618 g/mol. The van der Waals surface area contributed by atoms with Crippen LogP contribution in [-0.2, 0) is 4.79 Å². The van der Waals surface area contributed by atoms with Crippen molar-refractivity contribution in [2.24, 2.45) is 0 Å². The molecule has 2 aliphatic rings. The molecule has 1 amide bonds. The van der Waals surface area contributed by atoms with Crippen LogP contribution in [0.15, 0.2) is 60.9 Å². The van der Waals surface area contributed by atoms with E-state index in [4.69, 9.17) is 26.3 Å². The van der Waals surface area contributed by atoms with E-state index in [1.807, 2.05) is 65.4 Å². The minimum absolute atomic E-state index is 0.00451. The van der Waals surface area contributed by atoms with Crippen molar-refractivity contribution < 1.29 is 18.3 Å². The van der Waals surface area contributed by atoms with Crippen molar-refractivity contribution in [1.82, 2.24) is 24.8 Å². The van der Waals surface area contributed by atoms with E-state index < -0.39 is 23.9 Å². The summed E-state index contributed by atoms with van der Waals surface area (Å²) in [5.41, 5.74) is 1.87. The van der Waals surface area contributed by atoms with E-state index >= 15 is 0 Å². The molecule has 2 aromatic heterocycles. The molecule has 0 unspecified atom stereocenters. The fourth-order valence-corrected chi connectivity index (χ4v) is 6.35. The molecule has 2 fully saturated rings. The number of carbonyl (C=O) groups is 1. The van der Waals surface area contributed by atoms with Gasteiger partial charge < -0.3 is 14.5 Å². The summed E-state index contributed by atoms with van der Waals surface area (Å²) in [6, 6.07) is 16.8. The summed E-state index contributed by atoms with van der Waals surface area (Å²) in [5.74, 6) is -1.38. The first-order valence-corrected chi connectivity index (χ1v) is 14.7. The molecule has 0 bridgehead atoms. The van der Waals surface area contributed by atoms with Gasteiger partial charge >= 0.3 is 6.01 Å². The Kier molecular flexibility index (Phi) is 8.29. The summed E-state index contributed by atoms with van der Waals surface area (Å²) in [4.78, 5) is 32.0. The van der Waals surface area contributed by atoms with Crippen molar-refractivity contribution in [2.45, 2.75) is 31.1 Å². The minimum Gasteiger partial charge on any atom is -0.462 e. The number of carbonyl (C=O) groups excluding carboxylic acids is 1. The van der Waals surface area contributed by atoms with Crippen LogP contribution in [0.25, 0.3) is 33.1 Å². The molecule has 0 saturated carbocycles. The van der Waals surface area contributed by atoms with Crippen molar-refractivity contribution >= 4 is 45.1 Å². The minimum atomic E-state index is -1.07. The Balaban J connectivity index is 1.41. The zero-order valence-electron chi connectivity index (χ0n) is 24.1. The summed E-state index contributed by atoms with van der Waals surface area (Å²) in [6.07, 6.45) is -0.563. The monoisotopic (exact) mass is 617 g/mol. The maximum atomic E-state index is 14.0. The number of likely N-dealkylation sites (N-methyl/N-ethyl adjacent to an activating group) is 1. The molecular formula is C32H30ClF2N7O2. The highest BCUT2D eigenvalue weighted by atomic mass is 35.5. The highest BCUT2D eigenvalue weighted by Gasteiger charge is 2.34. The summed E-state index contributed by atoms with van der Waals surface area (Å²) in [5, 5.41) is 12.5. The van der Waals surface area contributed by atoms with Crippen molar-refractivity contribution in [3.63, 3.8) is 0 Å². The zero-order chi connectivity index (χ0) is 31.0. The standard InChI is InChI=1S/C32H30ClF2N7O2/c1-19(34)31(43)42-14-13-41(17-22(42)11-12-36)30-25-9-10-27(24-7-3-5-20-6-4-8-26(33)28(20)24)37-29(25)38-32(39-30)44-18-23-15-21(35)16-40(23)2/h3-10,21-23H,1,11,13-18H2,2H3/t21-,22+,23+/m1/s1. The van der Waals surface area contributed by atoms with Crippen LogP contribution >= 0.6 is 11.6 Å². The van der Waals surface area contributed by atoms with Gasteiger partial charge in [0.15, 0.2) is 11.5 Å². The van der Waals surface area contributed by atoms with Crippen LogP contribution in [0.4, 0.5) is 14.6 Å². The topological polar surface area (TPSA) is 98.5 Å². The lowest BCUT2D eigenvalue weighted by atomic mass is 10.0. The van der Waals surface area contributed by atoms with Gasteiger partial charge in [-0.1, -0.05) is 48.5 Å².